The molecule has 0 radical (unpaired) electrons. The van der Waals surface area contributed by atoms with Gasteiger partial charge in [0.25, 0.3) is 0 Å². The predicted molar refractivity (Wildman–Crippen MR) is 79.1 cm³/mol. The highest BCUT2D eigenvalue weighted by Gasteiger charge is 1.97. The van der Waals surface area contributed by atoms with Crippen LogP contribution in [-0.4, -0.2) is 0 Å². The summed E-state index contributed by atoms with van der Waals surface area (Å²) in [7, 11) is 0. The Morgan fingerprint density at radius 3 is 1.28 bits per heavy atom. The average molecular weight is 240 g/mol. The number of hydrogen-bond donors (Lipinski definition) is 2. The number of hydrogen-bond acceptors (Lipinski definition) is 2. The third kappa shape index (κ3) is 2.83. The average Bonchev–Trinajstić information content (AvgIpc) is 2.35. The SMILES string of the molecule is Cc1ccc(NNc2ccc(C)c(C)c2)cc1C. The largest absolute Gasteiger partial charge is 0.301 e. The van der Waals surface area contributed by atoms with Gasteiger partial charge in [0.05, 0.1) is 11.4 Å². The first-order chi connectivity index (χ1) is 8.56. The Morgan fingerprint density at radius 1 is 0.556 bits per heavy atom. The number of anilines is 2. The van der Waals surface area contributed by atoms with Gasteiger partial charge in [-0.2, -0.15) is 0 Å². The molecule has 2 rings (SSSR count). The smallest absolute Gasteiger partial charge is 0.0542 e. The highest BCUT2D eigenvalue weighted by Crippen LogP contribution is 2.17. The lowest BCUT2D eigenvalue weighted by Crippen LogP contribution is -2.09. The van der Waals surface area contributed by atoms with Gasteiger partial charge >= 0.3 is 0 Å². The Labute approximate surface area is 109 Å². The molecule has 2 N–H and O–H groups in total. The first-order valence-electron chi connectivity index (χ1n) is 6.23. The zero-order valence-electron chi connectivity index (χ0n) is 11.5. The fourth-order valence-electron chi connectivity index (χ4n) is 1.78. The van der Waals surface area contributed by atoms with Gasteiger partial charge in [0, 0.05) is 0 Å². The lowest BCUT2D eigenvalue weighted by Gasteiger charge is -2.12. The van der Waals surface area contributed by atoms with Crippen molar-refractivity contribution < 1.29 is 0 Å². The van der Waals surface area contributed by atoms with Crippen molar-refractivity contribution >= 4 is 11.4 Å². The van der Waals surface area contributed by atoms with E-state index in [0.29, 0.717) is 0 Å². The molecule has 0 aliphatic heterocycles. The van der Waals surface area contributed by atoms with E-state index in [2.05, 4.69) is 74.9 Å². The third-order valence-corrected chi connectivity index (χ3v) is 3.36. The lowest BCUT2D eigenvalue weighted by molar-refractivity contribution is 1.30. The Hall–Kier alpha value is -1.96. The van der Waals surface area contributed by atoms with Crippen LogP contribution in [0, 0.1) is 27.7 Å². The lowest BCUT2D eigenvalue weighted by atomic mass is 10.1. The first-order valence-corrected chi connectivity index (χ1v) is 6.23. The second-order valence-electron chi connectivity index (χ2n) is 4.85. The van der Waals surface area contributed by atoms with Gasteiger partial charge in [0.2, 0.25) is 0 Å². The van der Waals surface area contributed by atoms with E-state index in [1.807, 2.05) is 0 Å². The van der Waals surface area contributed by atoms with Gasteiger partial charge < -0.3 is 10.9 Å². The minimum Gasteiger partial charge on any atom is -0.301 e. The maximum Gasteiger partial charge on any atom is 0.0542 e. The zero-order chi connectivity index (χ0) is 13.1. The molecule has 0 atom stereocenters. The van der Waals surface area contributed by atoms with Gasteiger partial charge in [-0.25, -0.2) is 0 Å². The van der Waals surface area contributed by atoms with Crippen LogP contribution < -0.4 is 10.9 Å². The zero-order valence-corrected chi connectivity index (χ0v) is 11.5. The monoisotopic (exact) mass is 240 g/mol. The molecule has 0 unspecified atom stereocenters. The van der Waals surface area contributed by atoms with Crippen LogP contribution in [0.25, 0.3) is 0 Å². The quantitative estimate of drug-likeness (QED) is 0.779. The van der Waals surface area contributed by atoms with Crippen LogP contribution in [-0.2, 0) is 0 Å². The van der Waals surface area contributed by atoms with Crippen LogP contribution in [0.1, 0.15) is 22.3 Å². The van der Waals surface area contributed by atoms with Crippen molar-refractivity contribution in [2.75, 3.05) is 10.9 Å². The number of benzene rings is 2. The first kappa shape index (κ1) is 12.5. The molecule has 0 fully saturated rings. The van der Waals surface area contributed by atoms with E-state index in [9.17, 15) is 0 Å². The van der Waals surface area contributed by atoms with Gasteiger partial charge in [-0.05, 0) is 74.2 Å². The molecule has 2 nitrogen and oxygen atoms in total. The summed E-state index contributed by atoms with van der Waals surface area (Å²) in [4.78, 5) is 0. The topological polar surface area (TPSA) is 24.1 Å². The van der Waals surface area contributed by atoms with Crippen molar-refractivity contribution in [3.05, 3.63) is 58.7 Å². The molecular formula is C16H20N2. The number of nitrogens with one attached hydrogen (secondary N) is 2. The maximum absolute atomic E-state index is 3.23. The molecule has 0 aliphatic carbocycles. The molecule has 2 aromatic rings. The predicted octanol–water partition coefficient (Wildman–Crippen LogP) is 4.36. The fraction of sp³-hybridized carbons (Fsp3) is 0.250. The summed E-state index contributed by atoms with van der Waals surface area (Å²) in [6.07, 6.45) is 0. The molecule has 18 heavy (non-hydrogen) atoms. The van der Waals surface area contributed by atoms with E-state index in [0.717, 1.165) is 11.4 Å². The normalized spacial score (nSPS) is 10.2. The van der Waals surface area contributed by atoms with Crippen molar-refractivity contribution in [3.63, 3.8) is 0 Å². The van der Waals surface area contributed by atoms with Crippen molar-refractivity contribution in [3.8, 4) is 0 Å². The number of aryl methyl sites for hydroxylation is 4. The Morgan fingerprint density at radius 2 is 0.944 bits per heavy atom. The summed E-state index contributed by atoms with van der Waals surface area (Å²) >= 11 is 0. The Balaban J connectivity index is 2.06. The molecule has 0 spiro atoms. The van der Waals surface area contributed by atoms with E-state index < -0.39 is 0 Å². The van der Waals surface area contributed by atoms with E-state index in [4.69, 9.17) is 0 Å². The maximum atomic E-state index is 3.23. The minimum atomic E-state index is 1.08. The Bertz CT molecular complexity index is 508. The summed E-state index contributed by atoms with van der Waals surface area (Å²) in [5, 5.41) is 0. The second kappa shape index (κ2) is 5.13. The van der Waals surface area contributed by atoms with Crippen LogP contribution in [0.15, 0.2) is 36.4 Å². The van der Waals surface area contributed by atoms with Gasteiger partial charge in [-0.1, -0.05) is 12.1 Å². The van der Waals surface area contributed by atoms with Crippen LogP contribution in [0.3, 0.4) is 0 Å². The van der Waals surface area contributed by atoms with E-state index in [1.165, 1.54) is 22.3 Å². The third-order valence-electron chi connectivity index (χ3n) is 3.36. The summed E-state index contributed by atoms with van der Waals surface area (Å²) < 4.78 is 0. The molecule has 0 saturated heterocycles. The van der Waals surface area contributed by atoms with Crippen molar-refractivity contribution in [2.24, 2.45) is 0 Å². The minimum absolute atomic E-state index is 1.08. The summed E-state index contributed by atoms with van der Waals surface area (Å²) in [5.41, 5.74) is 13.8. The summed E-state index contributed by atoms with van der Waals surface area (Å²) in [5.74, 6) is 0. The molecule has 0 bridgehead atoms. The van der Waals surface area contributed by atoms with Crippen molar-refractivity contribution in [2.45, 2.75) is 27.7 Å². The molecule has 2 heteroatoms. The van der Waals surface area contributed by atoms with E-state index in [1.54, 1.807) is 0 Å². The van der Waals surface area contributed by atoms with Crippen LogP contribution in [0.4, 0.5) is 11.4 Å². The van der Waals surface area contributed by atoms with E-state index in [-0.39, 0.29) is 0 Å². The molecule has 94 valence electrons. The second-order valence-corrected chi connectivity index (χ2v) is 4.85. The Kier molecular flexibility index (Phi) is 3.56. The van der Waals surface area contributed by atoms with E-state index >= 15 is 0 Å². The molecule has 0 aromatic heterocycles. The summed E-state index contributed by atoms with van der Waals surface area (Å²) in [6, 6.07) is 12.7. The highest BCUT2D eigenvalue weighted by atomic mass is 15.4. The van der Waals surface area contributed by atoms with Gasteiger partial charge in [0.15, 0.2) is 0 Å². The van der Waals surface area contributed by atoms with Gasteiger partial charge in [-0.3, -0.25) is 0 Å². The van der Waals surface area contributed by atoms with Gasteiger partial charge in [-0.15, -0.1) is 0 Å². The van der Waals surface area contributed by atoms with Crippen LogP contribution in [0.5, 0.6) is 0 Å². The molecule has 2 aromatic carbocycles. The molecule has 0 aliphatic rings. The summed E-state index contributed by atoms with van der Waals surface area (Å²) in [6.45, 7) is 8.48. The highest BCUT2D eigenvalue weighted by molar-refractivity contribution is 5.55. The van der Waals surface area contributed by atoms with Gasteiger partial charge in [0.1, 0.15) is 0 Å². The molecule has 0 saturated carbocycles. The fourth-order valence-corrected chi connectivity index (χ4v) is 1.78. The van der Waals surface area contributed by atoms with Crippen LogP contribution in [0.2, 0.25) is 0 Å². The van der Waals surface area contributed by atoms with Crippen molar-refractivity contribution in [1.82, 2.24) is 0 Å². The molecule has 0 heterocycles. The number of rotatable bonds is 3. The van der Waals surface area contributed by atoms with Crippen molar-refractivity contribution in [1.29, 1.82) is 0 Å². The van der Waals surface area contributed by atoms with Crippen LogP contribution >= 0.6 is 0 Å². The molecule has 0 amide bonds. The standard InChI is InChI=1S/C16H20N2/c1-11-5-7-15(9-13(11)3)17-18-16-8-6-12(2)14(4)10-16/h5-10,17-18H,1-4H3. The number of hydrazine groups is 1. The molecular weight excluding hydrogens is 220 g/mol.